The van der Waals surface area contributed by atoms with E-state index in [0.717, 1.165) is 25.7 Å². The Morgan fingerprint density at radius 1 is 1.11 bits per heavy atom. The van der Waals surface area contributed by atoms with Gasteiger partial charge in [0, 0.05) is 12.1 Å². The molecule has 9 heteroatoms. The van der Waals surface area contributed by atoms with Crippen LogP contribution in [0.1, 0.15) is 64.7 Å². The largest absolute Gasteiger partial charge is 0.465 e. The minimum Gasteiger partial charge on any atom is -0.465 e. The minimum absolute atomic E-state index is 0.0492. The number of nitrogens with zero attached hydrogens (tertiary/aromatic N) is 3. The van der Waals surface area contributed by atoms with Gasteiger partial charge in [0.05, 0.1) is 12.4 Å². The highest BCUT2D eigenvalue weighted by atomic mass is 32.2. The first-order valence-electron chi connectivity index (χ1n) is 9.88. The molecule has 0 aromatic carbocycles. The molecule has 1 heterocycles. The van der Waals surface area contributed by atoms with Crippen molar-refractivity contribution < 1.29 is 14.3 Å². The molecule has 2 amide bonds. The molecule has 1 aromatic heterocycles. The number of hydrogen-bond donors (Lipinski definition) is 1. The van der Waals surface area contributed by atoms with E-state index in [-0.39, 0.29) is 17.8 Å². The normalized spacial score (nSPS) is 18.4. The van der Waals surface area contributed by atoms with Gasteiger partial charge in [0.1, 0.15) is 0 Å². The van der Waals surface area contributed by atoms with E-state index in [1.54, 1.807) is 6.92 Å². The molecule has 3 rings (SSSR count). The van der Waals surface area contributed by atoms with Crippen LogP contribution < -0.4 is 5.32 Å². The number of rotatable bonds is 7. The molecular weight excluding hydrogens is 384 g/mol. The molecule has 27 heavy (non-hydrogen) atoms. The standard InChI is InChI=1S/C18H28N4O3S2/c1-2-25-15(23)12-26-18-21-20-16(27-18)19-17(24)22(14-10-6-7-11-14)13-8-4-3-5-9-13/h13-14H,2-12H2,1H3,(H,19,20,24). The third kappa shape index (κ3) is 5.81. The Hall–Kier alpha value is -1.35. The van der Waals surface area contributed by atoms with Gasteiger partial charge in [-0.15, -0.1) is 10.2 Å². The Labute approximate surface area is 168 Å². The fourth-order valence-electron chi connectivity index (χ4n) is 3.97. The van der Waals surface area contributed by atoms with Gasteiger partial charge < -0.3 is 9.64 Å². The topological polar surface area (TPSA) is 84.4 Å². The van der Waals surface area contributed by atoms with Crippen molar-refractivity contribution in [1.82, 2.24) is 15.1 Å². The average molecular weight is 413 g/mol. The van der Waals surface area contributed by atoms with Gasteiger partial charge in [-0.05, 0) is 32.6 Å². The number of nitrogens with one attached hydrogen (secondary N) is 1. The number of amides is 2. The molecule has 0 bridgehead atoms. The number of esters is 1. The average Bonchev–Trinajstić information content (AvgIpc) is 3.34. The van der Waals surface area contributed by atoms with Crippen molar-refractivity contribution in [2.24, 2.45) is 0 Å². The van der Waals surface area contributed by atoms with Crippen molar-refractivity contribution in [2.45, 2.75) is 81.1 Å². The lowest BCUT2D eigenvalue weighted by atomic mass is 9.93. The first-order valence-corrected chi connectivity index (χ1v) is 11.7. The lowest BCUT2D eigenvalue weighted by molar-refractivity contribution is -0.139. The summed E-state index contributed by atoms with van der Waals surface area (Å²) in [4.78, 5) is 26.6. The maximum absolute atomic E-state index is 13.0. The number of thioether (sulfide) groups is 1. The number of hydrogen-bond acceptors (Lipinski definition) is 7. The second-order valence-electron chi connectivity index (χ2n) is 7.03. The maximum atomic E-state index is 13.0. The van der Waals surface area contributed by atoms with Crippen molar-refractivity contribution in [3.63, 3.8) is 0 Å². The smallest absolute Gasteiger partial charge is 0.324 e. The maximum Gasteiger partial charge on any atom is 0.324 e. The van der Waals surface area contributed by atoms with Crippen LogP contribution in [-0.2, 0) is 9.53 Å². The predicted octanol–water partition coefficient (Wildman–Crippen LogP) is 4.30. The molecule has 2 saturated carbocycles. The molecule has 1 N–H and O–H groups in total. The summed E-state index contributed by atoms with van der Waals surface area (Å²) in [6, 6.07) is 0.637. The number of urea groups is 1. The fraction of sp³-hybridized carbons (Fsp3) is 0.778. The molecule has 7 nitrogen and oxygen atoms in total. The zero-order valence-electron chi connectivity index (χ0n) is 15.8. The van der Waals surface area contributed by atoms with Gasteiger partial charge in [-0.1, -0.05) is 55.2 Å². The molecule has 2 aliphatic rings. The summed E-state index contributed by atoms with van der Waals surface area (Å²) in [6.45, 7) is 2.15. The van der Waals surface area contributed by atoms with E-state index in [4.69, 9.17) is 4.74 Å². The molecule has 2 aliphatic carbocycles. The zero-order valence-corrected chi connectivity index (χ0v) is 17.4. The number of aromatic nitrogens is 2. The quantitative estimate of drug-likeness (QED) is 0.408. The summed E-state index contributed by atoms with van der Waals surface area (Å²) in [6.07, 6.45) is 10.5. The van der Waals surface area contributed by atoms with Crippen molar-refractivity contribution in [3.05, 3.63) is 0 Å². The summed E-state index contributed by atoms with van der Waals surface area (Å²) in [5, 5.41) is 11.6. The lowest BCUT2D eigenvalue weighted by Crippen LogP contribution is -2.49. The van der Waals surface area contributed by atoms with Crippen LogP contribution in [-0.4, -0.2) is 51.5 Å². The molecule has 150 valence electrons. The van der Waals surface area contributed by atoms with E-state index in [2.05, 4.69) is 20.4 Å². The fourth-order valence-corrected chi connectivity index (χ4v) is 5.51. The summed E-state index contributed by atoms with van der Waals surface area (Å²) in [7, 11) is 0. The van der Waals surface area contributed by atoms with Crippen LogP contribution in [0.3, 0.4) is 0 Å². The van der Waals surface area contributed by atoms with E-state index < -0.39 is 0 Å². The van der Waals surface area contributed by atoms with Crippen LogP contribution in [0.2, 0.25) is 0 Å². The highest BCUT2D eigenvalue weighted by Crippen LogP contribution is 2.32. The summed E-state index contributed by atoms with van der Waals surface area (Å²) in [5.74, 6) is -0.0693. The second kappa shape index (κ2) is 10.3. The Bertz CT molecular complexity index is 628. The predicted molar refractivity (Wildman–Crippen MR) is 107 cm³/mol. The zero-order chi connectivity index (χ0) is 19.1. The van der Waals surface area contributed by atoms with E-state index in [1.807, 2.05) is 0 Å². The molecular formula is C18H28N4O3S2. The van der Waals surface area contributed by atoms with Gasteiger partial charge in [-0.2, -0.15) is 0 Å². The molecule has 0 radical (unpaired) electrons. The number of carbonyl (C=O) groups excluding carboxylic acids is 2. The van der Waals surface area contributed by atoms with Gasteiger partial charge in [0.2, 0.25) is 5.13 Å². The highest BCUT2D eigenvalue weighted by molar-refractivity contribution is 8.01. The van der Waals surface area contributed by atoms with Gasteiger partial charge in [0.25, 0.3) is 0 Å². The van der Waals surface area contributed by atoms with Crippen LogP contribution in [0.15, 0.2) is 4.34 Å². The van der Waals surface area contributed by atoms with E-state index in [0.29, 0.717) is 28.2 Å². The Morgan fingerprint density at radius 3 is 2.37 bits per heavy atom. The van der Waals surface area contributed by atoms with Gasteiger partial charge in [-0.25, -0.2) is 4.79 Å². The minimum atomic E-state index is -0.270. The number of ether oxygens (including phenoxy) is 1. The Balaban J connectivity index is 1.59. The van der Waals surface area contributed by atoms with Crippen LogP contribution in [0, 0.1) is 0 Å². The summed E-state index contributed by atoms with van der Waals surface area (Å²) < 4.78 is 5.57. The monoisotopic (exact) mass is 412 g/mol. The van der Waals surface area contributed by atoms with Crippen LogP contribution >= 0.6 is 23.1 Å². The number of carbonyl (C=O) groups is 2. The third-order valence-corrected chi connectivity index (χ3v) is 7.11. The molecule has 1 aromatic rings. The summed E-state index contributed by atoms with van der Waals surface area (Å²) in [5.41, 5.74) is 0. The van der Waals surface area contributed by atoms with Crippen molar-refractivity contribution >= 4 is 40.2 Å². The molecule has 0 aliphatic heterocycles. The van der Waals surface area contributed by atoms with E-state index in [9.17, 15) is 9.59 Å². The van der Waals surface area contributed by atoms with Gasteiger partial charge in [-0.3, -0.25) is 10.1 Å². The van der Waals surface area contributed by atoms with Gasteiger partial charge >= 0.3 is 12.0 Å². The Kier molecular flexibility index (Phi) is 7.75. The van der Waals surface area contributed by atoms with Crippen LogP contribution in [0.25, 0.3) is 0 Å². The molecule has 0 spiro atoms. The highest BCUT2D eigenvalue weighted by Gasteiger charge is 2.33. The number of anilines is 1. The molecule has 0 atom stereocenters. The molecule has 2 fully saturated rings. The molecule has 0 unspecified atom stereocenters. The van der Waals surface area contributed by atoms with Crippen LogP contribution in [0.5, 0.6) is 0 Å². The molecule has 0 saturated heterocycles. The van der Waals surface area contributed by atoms with Crippen molar-refractivity contribution in [3.8, 4) is 0 Å². The van der Waals surface area contributed by atoms with Crippen LogP contribution in [0.4, 0.5) is 9.93 Å². The first kappa shape index (κ1) is 20.4. The van der Waals surface area contributed by atoms with Crippen molar-refractivity contribution in [1.29, 1.82) is 0 Å². The second-order valence-corrected chi connectivity index (χ2v) is 9.23. The Morgan fingerprint density at radius 2 is 1.74 bits per heavy atom. The lowest BCUT2D eigenvalue weighted by Gasteiger charge is -2.38. The van der Waals surface area contributed by atoms with Crippen molar-refractivity contribution in [2.75, 3.05) is 17.7 Å². The van der Waals surface area contributed by atoms with E-state index >= 15 is 0 Å². The van der Waals surface area contributed by atoms with Gasteiger partial charge in [0.15, 0.2) is 4.34 Å². The summed E-state index contributed by atoms with van der Waals surface area (Å²) >= 11 is 2.59. The van der Waals surface area contributed by atoms with E-state index in [1.165, 1.54) is 55.2 Å². The first-order chi connectivity index (χ1) is 13.2. The SMILES string of the molecule is CCOC(=O)CSc1nnc(NC(=O)N(C2CCCCC2)C2CCCC2)s1. The third-order valence-electron chi connectivity index (χ3n) is 5.16.